The first-order valence-electron chi connectivity index (χ1n) is 4.52. The summed E-state index contributed by atoms with van der Waals surface area (Å²) in [6.07, 6.45) is 5.79. The number of aromatic amines is 1. The van der Waals surface area contributed by atoms with Gasteiger partial charge in [0.1, 0.15) is 0 Å². The van der Waals surface area contributed by atoms with Crippen LogP contribution < -0.4 is 5.32 Å². The predicted molar refractivity (Wildman–Crippen MR) is 56.8 cm³/mol. The third-order valence-electron chi connectivity index (χ3n) is 1.97. The molecule has 72 valence electrons. The molecule has 0 fully saturated rings. The summed E-state index contributed by atoms with van der Waals surface area (Å²) in [6, 6.07) is 3.91. The van der Waals surface area contributed by atoms with Gasteiger partial charge in [-0.2, -0.15) is 5.10 Å². The van der Waals surface area contributed by atoms with Crippen molar-refractivity contribution < 1.29 is 0 Å². The summed E-state index contributed by atoms with van der Waals surface area (Å²) in [6.45, 7) is 0.848. The first-order valence-corrected chi connectivity index (χ1v) is 4.52. The van der Waals surface area contributed by atoms with Gasteiger partial charge in [0.15, 0.2) is 5.65 Å². The minimum atomic E-state index is 0.761. The average Bonchev–Trinajstić information content (AvgIpc) is 2.63. The van der Waals surface area contributed by atoms with Gasteiger partial charge in [0, 0.05) is 18.1 Å². The lowest BCUT2D eigenvalue weighted by atomic mass is 10.2. The van der Waals surface area contributed by atoms with Crippen molar-refractivity contribution in [3.8, 4) is 0 Å². The van der Waals surface area contributed by atoms with Crippen LogP contribution in [0.1, 0.15) is 5.69 Å². The van der Waals surface area contributed by atoms with Gasteiger partial charge in [0.2, 0.25) is 0 Å². The molecule has 4 nitrogen and oxygen atoms in total. The van der Waals surface area contributed by atoms with E-state index in [-0.39, 0.29) is 0 Å². The van der Waals surface area contributed by atoms with Crippen LogP contribution in [-0.2, 0) is 0 Å². The van der Waals surface area contributed by atoms with Crippen LogP contribution in [0, 0.1) is 0 Å². The fourth-order valence-electron chi connectivity index (χ4n) is 1.29. The Kier molecular flexibility index (Phi) is 2.55. The molecule has 0 aliphatic carbocycles. The molecule has 2 aromatic heterocycles. The van der Waals surface area contributed by atoms with Gasteiger partial charge in [0.05, 0.1) is 5.69 Å². The Labute approximate surface area is 82.1 Å². The molecule has 0 aromatic carbocycles. The third kappa shape index (κ3) is 1.65. The monoisotopic (exact) mass is 188 g/mol. The molecule has 0 unspecified atom stereocenters. The number of rotatable bonds is 3. The van der Waals surface area contributed by atoms with Crippen molar-refractivity contribution in [1.29, 1.82) is 0 Å². The van der Waals surface area contributed by atoms with Crippen molar-refractivity contribution in [1.82, 2.24) is 20.5 Å². The van der Waals surface area contributed by atoms with E-state index in [4.69, 9.17) is 0 Å². The number of aromatic nitrogens is 3. The van der Waals surface area contributed by atoms with Gasteiger partial charge in [-0.3, -0.25) is 5.10 Å². The highest BCUT2D eigenvalue weighted by Crippen LogP contribution is 2.13. The molecule has 0 aliphatic heterocycles. The topological polar surface area (TPSA) is 53.6 Å². The van der Waals surface area contributed by atoms with Gasteiger partial charge >= 0.3 is 0 Å². The molecule has 2 rings (SSSR count). The van der Waals surface area contributed by atoms with Gasteiger partial charge in [-0.05, 0) is 25.3 Å². The molecule has 2 aromatic rings. The maximum absolute atomic E-state index is 4.14. The molecule has 0 aliphatic rings. The van der Waals surface area contributed by atoms with E-state index in [0.29, 0.717) is 0 Å². The second-order valence-electron chi connectivity index (χ2n) is 2.97. The normalized spacial score (nSPS) is 11.5. The van der Waals surface area contributed by atoms with Gasteiger partial charge in [-0.25, -0.2) is 4.98 Å². The predicted octanol–water partition coefficient (Wildman–Crippen LogP) is 1.19. The SMILES string of the molecule is CNCC=Cc1[nH]nc2ncccc12. The number of likely N-dealkylation sites (N-methyl/N-ethyl adjacent to an activating group) is 1. The maximum Gasteiger partial charge on any atom is 0.181 e. The number of pyridine rings is 1. The quantitative estimate of drug-likeness (QED) is 0.760. The first kappa shape index (κ1) is 8.90. The zero-order valence-electron chi connectivity index (χ0n) is 7.99. The molecular weight excluding hydrogens is 176 g/mol. The van der Waals surface area contributed by atoms with E-state index in [0.717, 1.165) is 23.3 Å². The summed E-state index contributed by atoms with van der Waals surface area (Å²) in [7, 11) is 1.91. The first-order chi connectivity index (χ1) is 6.92. The molecule has 0 amide bonds. The van der Waals surface area contributed by atoms with Crippen LogP contribution in [0.3, 0.4) is 0 Å². The van der Waals surface area contributed by atoms with E-state index >= 15 is 0 Å². The maximum atomic E-state index is 4.14. The molecule has 2 heterocycles. The van der Waals surface area contributed by atoms with Gasteiger partial charge < -0.3 is 5.32 Å². The highest BCUT2D eigenvalue weighted by Gasteiger charge is 2.00. The lowest BCUT2D eigenvalue weighted by Gasteiger charge is -1.89. The van der Waals surface area contributed by atoms with Crippen LogP contribution in [0.25, 0.3) is 17.1 Å². The van der Waals surface area contributed by atoms with Crippen LogP contribution in [0.2, 0.25) is 0 Å². The average molecular weight is 188 g/mol. The summed E-state index contributed by atoms with van der Waals surface area (Å²) in [5.74, 6) is 0. The Morgan fingerprint density at radius 2 is 2.50 bits per heavy atom. The van der Waals surface area contributed by atoms with E-state index < -0.39 is 0 Å². The fourth-order valence-corrected chi connectivity index (χ4v) is 1.29. The molecule has 0 bridgehead atoms. The second kappa shape index (κ2) is 4.02. The molecule has 0 atom stereocenters. The molecule has 0 saturated carbocycles. The van der Waals surface area contributed by atoms with Crippen molar-refractivity contribution in [3.63, 3.8) is 0 Å². The number of fused-ring (bicyclic) bond motifs is 1. The number of hydrogen-bond acceptors (Lipinski definition) is 3. The molecule has 4 heteroatoms. The minimum Gasteiger partial charge on any atom is -0.316 e. The summed E-state index contributed by atoms with van der Waals surface area (Å²) < 4.78 is 0. The van der Waals surface area contributed by atoms with Crippen LogP contribution in [0.15, 0.2) is 24.4 Å². The van der Waals surface area contributed by atoms with Crippen LogP contribution in [0.4, 0.5) is 0 Å². The highest BCUT2D eigenvalue weighted by molar-refractivity contribution is 5.83. The molecule has 2 N–H and O–H groups in total. The third-order valence-corrected chi connectivity index (χ3v) is 1.97. The van der Waals surface area contributed by atoms with Crippen molar-refractivity contribution in [2.24, 2.45) is 0 Å². The Hall–Kier alpha value is -1.68. The lowest BCUT2D eigenvalue weighted by molar-refractivity contribution is 0.922. The minimum absolute atomic E-state index is 0.761. The highest BCUT2D eigenvalue weighted by atomic mass is 15.1. The number of nitrogens with zero attached hydrogens (tertiary/aromatic N) is 2. The Bertz CT molecular complexity index is 444. The summed E-state index contributed by atoms with van der Waals surface area (Å²) in [5, 5.41) is 11.1. The molecule has 14 heavy (non-hydrogen) atoms. The lowest BCUT2D eigenvalue weighted by Crippen LogP contribution is -2.03. The molecule has 0 radical (unpaired) electrons. The van der Waals surface area contributed by atoms with Gasteiger partial charge in [0.25, 0.3) is 0 Å². The van der Waals surface area contributed by atoms with Crippen LogP contribution in [-0.4, -0.2) is 28.8 Å². The van der Waals surface area contributed by atoms with E-state index in [1.807, 2.05) is 31.3 Å². The Morgan fingerprint density at radius 3 is 3.36 bits per heavy atom. The van der Waals surface area contributed by atoms with E-state index in [2.05, 4.69) is 20.5 Å². The number of H-pyrrole nitrogens is 1. The summed E-state index contributed by atoms with van der Waals surface area (Å²) in [4.78, 5) is 4.14. The molecule has 0 saturated heterocycles. The summed E-state index contributed by atoms with van der Waals surface area (Å²) in [5.41, 5.74) is 1.76. The second-order valence-corrected chi connectivity index (χ2v) is 2.97. The fraction of sp³-hybridized carbons (Fsp3) is 0.200. The molecule has 0 spiro atoms. The van der Waals surface area contributed by atoms with Crippen LogP contribution in [0.5, 0.6) is 0 Å². The smallest absolute Gasteiger partial charge is 0.181 e. The molecular formula is C10H12N4. The zero-order chi connectivity index (χ0) is 9.80. The van der Waals surface area contributed by atoms with E-state index in [1.165, 1.54) is 0 Å². The van der Waals surface area contributed by atoms with Gasteiger partial charge in [-0.1, -0.05) is 6.08 Å². The zero-order valence-corrected chi connectivity index (χ0v) is 7.99. The summed E-state index contributed by atoms with van der Waals surface area (Å²) >= 11 is 0. The van der Waals surface area contributed by atoms with Crippen molar-refractivity contribution >= 4 is 17.1 Å². The van der Waals surface area contributed by atoms with Crippen molar-refractivity contribution in [2.75, 3.05) is 13.6 Å². The van der Waals surface area contributed by atoms with Crippen molar-refractivity contribution in [2.45, 2.75) is 0 Å². The largest absolute Gasteiger partial charge is 0.316 e. The van der Waals surface area contributed by atoms with Crippen LogP contribution >= 0.6 is 0 Å². The standard InChI is InChI=1S/C10H12N4/c1-11-6-3-5-9-8-4-2-7-12-10(8)14-13-9/h2-5,7,11H,6H2,1H3,(H,12,13,14). The van der Waals surface area contributed by atoms with E-state index in [9.17, 15) is 0 Å². The van der Waals surface area contributed by atoms with Gasteiger partial charge in [-0.15, -0.1) is 0 Å². The van der Waals surface area contributed by atoms with Crippen molar-refractivity contribution in [3.05, 3.63) is 30.1 Å². The Morgan fingerprint density at radius 1 is 1.57 bits per heavy atom. The van der Waals surface area contributed by atoms with E-state index in [1.54, 1.807) is 6.20 Å². The number of nitrogens with one attached hydrogen (secondary N) is 2. The number of hydrogen-bond donors (Lipinski definition) is 2. The Balaban J connectivity index is 2.34.